The van der Waals surface area contributed by atoms with Crippen molar-refractivity contribution in [3.05, 3.63) is 94.8 Å². The molecule has 0 radical (unpaired) electrons. The molecule has 0 nitrogen and oxygen atoms in total. The molecular weight excluding hydrogens is 429 g/mol. The summed E-state index contributed by atoms with van der Waals surface area (Å²) in [5.41, 5.74) is 1.50. The van der Waals surface area contributed by atoms with Gasteiger partial charge in [0, 0.05) is 0 Å². The van der Waals surface area contributed by atoms with E-state index in [0.717, 1.165) is 30.2 Å². The van der Waals surface area contributed by atoms with Gasteiger partial charge in [0.2, 0.25) is 0 Å². The molecule has 2 saturated carbocycles. The van der Waals surface area contributed by atoms with E-state index in [9.17, 15) is 13.2 Å². The van der Waals surface area contributed by atoms with Gasteiger partial charge in [0.1, 0.15) is 5.82 Å². The lowest BCUT2D eigenvalue weighted by atomic mass is 9.64. The van der Waals surface area contributed by atoms with Crippen LogP contribution < -0.4 is 0 Å². The highest BCUT2D eigenvalue weighted by Crippen LogP contribution is 2.47. The number of hydrogen-bond donors (Lipinski definition) is 0. The molecule has 2 fully saturated rings. The topological polar surface area (TPSA) is 0 Å². The van der Waals surface area contributed by atoms with Gasteiger partial charge in [-0.3, -0.25) is 0 Å². The summed E-state index contributed by atoms with van der Waals surface area (Å²) >= 11 is 0. The van der Waals surface area contributed by atoms with Crippen LogP contribution in [0.15, 0.2) is 55.1 Å². The average Bonchev–Trinajstić information content (AvgIpc) is 2.86. The first-order valence-corrected chi connectivity index (χ1v) is 12.5. The van der Waals surface area contributed by atoms with Gasteiger partial charge in [-0.05, 0) is 111 Å². The lowest BCUT2D eigenvalue weighted by Crippen LogP contribution is -2.30. The van der Waals surface area contributed by atoms with Gasteiger partial charge >= 0.3 is 0 Å². The van der Waals surface area contributed by atoms with Crippen LogP contribution in [0.25, 0.3) is 0 Å². The van der Waals surface area contributed by atoms with Gasteiger partial charge in [0.15, 0.2) is 11.6 Å². The van der Waals surface area contributed by atoms with Gasteiger partial charge < -0.3 is 0 Å². The summed E-state index contributed by atoms with van der Waals surface area (Å²) in [6, 6.07) is 8.25. The number of rotatable bonds is 5. The fourth-order valence-electron chi connectivity index (χ4n) is 5.75. The SMILES string of the molecule is C=CC1CCC2CC(c3ccc(C#Cc4ccc(CC/C=C/C)c(F)c4F)c(F)c3)CCC2C1. The highest BCUT2D eigenvalue weighted by Gasteiger charge is 2.35. The molecule has 2 aliphatic carbocycles. The fraction of sp³-hybridized carbons (Fsp3) is 0.419. The van der Waals surface area contributed by atoms with E-state index < -0.39 is 17.5 Å². The van der Waals surface area contributed by atoms with Crippen LogP contribution in [0.3, 0.4) is 0 Å². The molecule has 0 aromatic heterocycles. The van der Waals surface area contributed by atoms with Crippen LogP contribution in [0, 0.1) is 47.0 Å². The van der Waals surface area contributed by atoms with E-state index in [4.69, 9.17) is 0 Å². The number of aryl methyl sites for hydroxylation is 1. The molecule has 34 heavy (non-hydrogen) atoms. The Bertz CT molecular complexity index is 1120. The Kier molecular flexibility index (Phi) is 7.99. The number of benzene rings is 2. The summed E-state index contributed by atoms with van der Waals surface area (Å²) in [7, 11) is 0. The molecule has 2 aromatic rings. The van der Waals surface area contributed by atoms with Crippen molar-refractivity contribution in [2.75, 3.05) is 0 Å². The van der Waals surface area contributed by atoms with Crippen LogP contribution in [0.2, 0.25) is 0 Å². The molecule has 2 aliphatic rings. The van der Waals surface area contributed by atoms with Crippen LogP contribution >= 0.6 is 0 Å². The zero-order valence-electron chi connectivity index (χ0n) is 19.9. The first kappa shape index (κ1) is 24.4. The second kappa shape index (κ2) is 11.1. The maximum Gasteiger partial charge on any atom is 0.174 e. The molecule has 0 heterocycles. The summed E-state index contributed by atoms with van der Waals surface area (Å²) in [5, 5.41) is 0. The van der Waals surface area contributed by atoms with Crippen molar-refractivity contribution in [3.8, 4) is 11.8 Å². The summed E-state index contributed by atoms with van der Waals surface area (Å²) < 4.78 is 43.7. The molecule has 0 saturated heterocycles. The predicted molar refractivity (Wildman–Crippen MR) is 133 cm³/mol. The molecule has 0 aliphatic heterocycles. The standard InChI is InChI=1S/C31H33F3/c1-3-5-6-7-23-13-14-24(31(34)30(23)33)12-10-22-11-15-28(20-29(22)32)27-17-16-25-18-21(4-2)8-9-26(25)19-27/h3-5,11,13-15,20-21,25-27H,2,6-9,16-19H2,1H3/b5-3+. The van der Waals surface area contributed by atoms with Crippen molar-refractivity contribution in [1.29, 1.82) is 0 Å². The summed E-state index contributed by atoms with van der Waals surface area (Å²) in [4.78, 5) is 0. The fourth-order valence-corrected chi connectivity index (χ4v) is 5.75. The maximum absolute atomic E-state index is 14.9. The van der Waals surface area contributed by atoms with Gasteiger partial charge in [0.05, 0.1) is 11.1 Å². The zero-order chi connectivity index (χ0) is 24.1. The number of fused-ring (bicyclic) bond motifs is 1. The molecule has 2 aromatic carbocycles. The molecule has 0 bridgehead atoms. The number of halogens is 3. The largest absolute Gasteiger partial charge is 0.206 e. The van der Waals surface area contributed by atoms with E-state index in [2.05, 4.69) is 24.5 Å². The zero-order valence-corrected chi connectivity index (χ0v) is 19.9. The highest BCUT2D eigenvalue weighted by atomic mass is 19.2. The van der Waals surface area contributed by atoms with Gasteiger partial charge in [0.25, 0.3) is 0 Å². The first-order valence-electron chi connectivity index (χ1n) is 12.5. The van der Waals surface area contributed by atoms with Crippen LogP contribution in [0.5, 0.6) is 0 Å². The van der Waals surface area contributed by atoms with Crippen molar-refractivity contribution < 1.29 is 13.2 Å². The third-order valence-electron chi connectivity index (χ3n) is 7.76. The lowest BCUT2D eigenvalue weighted by Gasteiger charge is -2.41. The predicted octanol–water partition coefficient (Wildman–Crippen LogP) is 8.50. The van der Waals surface area contributed by atoms with Gasteiger partial charge in [-0.25, -0.2) is 13.2 Å². The van der Waals surface area contributed by atoms with Crippen LogP contribution in [0.1, 0.15) is 80.0 Å². The first-order chi connectivity index (χ1) is 16.5. The molecule has 4 unspecified atom stereocenters. The second-order valence-electron chi connectivity index (χ2n) is 9.84. The van der Waals surface area contributed by atoms with Gasteiger partial charge in [-0.15, -0.1) is 6.58 Å². The van der Waals surface area contributed by atoms with Crippen molar-refractivity contribution in [1.82, 2.24) is 0 Å². The molecular formula is C31H33F3. The van der Waals surface area contributed by atoms with Gasteiger partial charge in [-0.2, -0.15) is 0 Å². The van der Waals surface area contributed by atoms with E-state index in [1.54, 1.807) is 18.2 Å². The Labute approximate surface area is 202 Å². The number of allylic oxidation sites excluding steroid dienone is 3. The van der Waals surface area contributed by atoms with E-state index in [-0.39, 0.29) is 11.1 Å². The Morgan fingerprint density at radius 2 is 1.65 bits per heavy atom. The normalized spacial score (nSPS) is 24.4. The van der Waals surface area contributed by atoms with Crippen molar-refractivity contribution in [2.45, 2.75) is 64.2 Å². The Balaban J connectivity index is 1.45. The number of hydrogen-bond acceptors (Lipinski definition) is 0. The Morgan fingerprint density at radius 1 is 0.912 bits per heavy atom. The van der Waals surface area contributed by atoms with E-state index in [1.807, 2.05) is 25.1 Å². The van der Waals surface area contributed by atoms with Crippen LogP contribution in [-0.2, 0) is 6.42 Å². The quantitative estimate of drug-likeness (QED) is 0.309. The molecule has 4 atom stereocenters. The maximum atomic E-state index is 14.9. The average molecular weight is 463 g/mol. The minimum atomic E-state index is -0.967. The smallest absolute Gasteiger partial charge is 0.174 e. The molecule has 0 amide bonds. The third kappa shape index (κ3) is 5.49. The summed E-state index contributed by atoms with van der Waals surface area (Å²) in [6.07, 6.45) is 14.1. The molecule has 178 valence electrons. The highest BCUT2D eigenvalue weighted by molar-refractivity contribution is 5.46. The van der Waals surface area contributed by atoms with E-state index in [1.165, 1.54) is 31.7 Å². The molecule has 0 spiro atoms. The minimum absolute atomic E-state index is 0.0517. The van der Waals surface area contributed by atoms with Gasteiger partial charge in [-0.1, -0.05) is 42.2 Å². The van der Waals surface area contributed by atoms with Crippen molar-refractivity contribution in [3.63, 3.8) is 0 Å². The molecule has 3 heteroatoms. The van der Waals surface area contributed by atoms with Crippen LogP contribution in [0.4, 0.5) is 13.2 Å². The summed E-state index contributed by atoms with van der Waals surface area (Å²) in [6.45, 7) is 5.86. The molecule has 0 N–H and O–H groups in total. The third-order valence-corrected chi connectivity index (χ3v) is 7.76. The second-order valence-corrected chi connectivity index (χ2v) is 9.84. The van der Waals surface area contributed by atoms with Crippen molar-refractivity contribution >= 4 is 0 Å². The molecule has 4 rings (SSSR count). The van der Waals surface area contributed by atoms with Crippen LogP contribution in [-0.4, -0.2) is 0 Å². The minimum Gasteiger partial charge on any atom is -0.206 e. The van der Waals surface area contributed by atoms with E-state index in [0.29, 0.717) is 30.2 Å². The Morgan fingerprint density at radius 3 is 2.41 bits per heavy atom. The van der Waals surface area contributed by atoms with E-state index >= 15 is 0 Å². The monoisotopic (exact) mass is 462 g/mol. The lowest BCUT2D eigenvalue weighted by molar-refractivity contribution is 0.133. The van der Waals surface area contributed by atoms with Crippen molar-refractivity contribution in [2.24, 2.45) is 17.8 Å². The summed E-state index contributed by atoms with van der Waals surface area (Å²) in [5.74, 6) is 5.61. The Hall–Kier alpha value is -2.73.